The third-order valence-corrected chi connectivity index (χ3v) is 4.55. The minimum Gasteiger partial charge on any atom is -0.316 e. The Morgan fingerprint density at radius 3 is 2.89 bits per heavy atom. The lowest BCUT2D eigenvalue weighted by Crippen LogP contribution is -2.29. The second kappa shape index (κ2) is 5.78. The van der Waals surface area contributed by atoms with E-state index in [1.54, 1.807) is 12.1 Å². The maximum atomic E-state index is 13.1. The maximum absolute atomic E-state index is 13.1. The van der Waals surface area contributed by atoms with Gasteiger partial charge in [-0.1, -0.05) is 6.07 Å². The van der Waals surface area contributed by atoms with Crippen molar-refractivity contribution in [2.45, 2.75) is 26.3 Å². The van der Waals surface area contributed by atoms with Crippen LogP contribution in [0.25, 0.3) is 0 Å². The highest BCUT2D eigenvalue weighted by Gasteiger charge is 2.40. The lowest BCUT2D eigenvalue weighted by molar-refractivity contribution is 0.268. The third-order valence-electron chi connectivity index (χ3n) is 4.55. The molecular weight excluding hydrogens is 263 g/mol. The molecule has 19 heavy (non-hydrogen) atoms. The summed E-state index contributed by atoms with van der Waals surface area (Å²) in [6, 6.07) is 5.14. The number of halogens is 2. The van der Waals surface area contributed by atoms with E-state index in [4.69, 9.17) is 0 Å². The van der Waals surface area contributed by atoms with Crippen LogP contribution < -0.4 is 5.32 Å². The number of aryl methyl sites for hydroxylation is 1. The Hall–Kier alpha value is -0.640. The van der Waals surface area contributed by atoms with E-state index < -0.39 is 0 Å². The van der Waals surface area contributed by atoms with Crippen LogP contribution in [-0.4, -0.2) is 31.1 Å². The van der Waals surface area contributed by atoms with Gasteiger partial charge in [-0.25, -0.2) is 4.39 Å². The molecule has 0 radical (unpaired) electrons. The molecule has 2 nitrogen and oxygen atoms in total. The van der Waals surface area contributed by atoms with Crippen molar-refractivity contribution in [2.24, 2.45) is 5.41 Å². The maximum Gasteiger partial charge on any atom is 0.123 e. The molecule has 2 aliphatic rings. The van der Waals surface area contributed by atoms with Crippen molar-refractivity contribution in [3.05, 3.63) is 35.1 Å². The summed E-state index contributed by atoms with van der Waals surface area (Å²) in [5.74, 6) is -0.130. The summed E-state index contributed by atoms with van der Waals surface area (Å²) < 4.78 is 13.1. The van der Waals surface area contributed by atoms with Gasteiger partial charge in [0.2, 0.25) is 0 Å². The van der Waals surface area contributed by atoms with Crippen LogP contribution in [0.1, 0.15) is 24.0 Å². The van der Waals surface area contributed by atoms with Crippen LogP contribution in [0, 0.1) is 18.2 Å². The van der Waals surface area contributed by atoms with Crippen LogP contribution in [0.4, 0.5) is 4.39 Å². The fraction of sp³-hybridized carbons (Fsp3) is 0.600. The molecule has 4 heteroatoms. The van der Waals surface area contributed by atoms with Gasteiger partial charge in [0.05, 0.1) is 0 Å². The van der Waals surface area contributed by atoms with Gasteiger partial charge in [-0.2, -0.15) is 0 Å². The van der Waals surface area contributed by atoms with E-state index in [1.165, 1.54) is 44.6 Å². The van der Waals surface area contributed by atoms with Gasteiger partial charge in [-0.3, -0.25) is 4.90 Å². The van der Waals surface area contributed by atoms with E-state index >= 15 is 0 Å². The van der Waals surface area contributed by atoms with E-state index in [1.807, 2.05) is 13.0 Å². The average Bonchev–Trinajstić information content (AvgIpc) is 2.94. The predicted octanol–water partition coefficient (Wildman–Crippen LogP) is 2.74. The second-order valence-electron chi connectivity index (χ2n) is 5.96. The minimum absolute atomic E-state index is 0. The van der Waals surface area contributed by atoms with Gasteiger partial charge in [0, 0.05) is 19.6 Å². The molecule has 1 aromatic rings. The topological polar surface area (TPSA) is 15.3 Å². The summed E-state index contributed by atoms with van der Waals surface area (Å²) in [4.78, 5) is 2.52. The van der Waals surface area contributed by atoms with Crippen LogP contribution >= 0.6 is 12.4 Å². The average molecular weight is 285 g/mol. The second-order valence-corrected chi connectivity index (χ2v) is 5.96. The lowest BCUT2D eigenvalue weighted by Gasteiger charge is -2.23. The number of likely N-dealkylation sites (tertiary alicyclic amines) is 1. The Balaban J connectivity index is 0.00000133. The van der Waals surface area contributed by atoms with E-state index in [0.717, 1.165) is 12.1 Å². The molecule has 1 spiro atoms. The summed E-state index contributed by atoms with van der Waals surface area (Å²) in [5.41, 5.74) is 2.86. The standard InChI is InChI=1S/C15H21FN2.ClH/c1-12-8-14(16)3-2-13(12)9-18-7-5-15(11-18)4-6-17-10-15;/h2-3,8,17H,4-7,9-11H2,1H3;1H. The number of benzene rings is 1. The molecule has 0 aromatic heterocycles. The van der Waals surface area contributed by atoms with Gasteiger partial charge in [-0.15, -0.1) is 12.4 Å². The zero-order chi connectivity index (χ0) is 12.6. The zero-order valence-electron chi connectivity index (χ0n) is 11.4. The van der Waals surface area contributed by atoms with E-state index in [0.29, 0.717) is 5.41 Å². The molecule has 0 saturated carbocycles. The van der Waals surface area contributed by atoms with Crippen molar-refractivity contribution in [1.82, 2.24) is 10.2 Å². The minimum atomic E-state index is -0.130. The first kappa shape index (κ1) is 14.8. The third kappa shape index (κ3) is 3.10. The van der Waals surface area contributed by atoms with Gasteiger partial charge < -0.3 is 5.32 Å². The van der Waals surface area contributed by atoms with Crippen LogP contribution in [-0.2, 0) is 6.54 Å². The van der Waals surface area contributed by atoms with Gasteiger partial charge in [0.25, 0.3) is 0 Å². The molecule has 1 atom stereocenters. The SMILES string of the molecule is Cc1cc(F)ccc1CN1CCC2(CCNC2)C1.Cl. The molecule has 106 valence electrons. The highest BCUT2D eigenvalue weighted by atomic mass is 35.5. The molecule has 1 aromatic carbocycles. The molecule has 0 amide bonds. The van der Waals surface area contributed by atoms with Crippen LogP contribution in [0.3, 0.4) is 0 Å². The summed E-state index contributed by atoms with van der Waals surface area (Å²) in [6.07, 6.45) is 2.62. The summed E-state index contributed by atoms with van der Waals surface area (Å²) in [7, 11) is 0. The normalized spacial score (nSPS) is 26.8. The first-order valence-electron chi connectivity index (χ1n) is 6.85. The zero-order valence-corrected chi connectivity index (χ0v) is 12.2. The molecule has 1 N–H and O–H groups in total. The number of hydrogen-bond donors (Lipinski definition) is 1. The van der Waals surface area contributed by atoms with E-state index in [9.17, 15) is 4.39 Å². The van der Waals surface area contributed by atoms with Crippen molar-refractivity contribution < 1.29 is 4.39 Å². The summed E-state index contributed by atoms with van der Waals surface area (Å²) in [6.45, 7) is 7.68. The number of rotatable bonds is 2. The molecule has 2 saturated heterocycles. The molecule has 2 fully saturated rings. The fourth-order valence-corrected chi connectivity index (χ4v) is 3.38. The molecule has 1 unspecified atom stereocenters. The van der Waals surface area contributed by atoms with Crippen molar-refractivity contribution in [3.8, 4) is 0 Å². The first-order valence-corrected chi connectivity index (χ1v) is 6.85. The first-order chi connectivity index (χ1) is 8.67. The van der Waals surface area contributed by atoms with Crippen molar-refractivity contribution in [1.29, 1.82) is 0 Å². The van der Waals surface area contributed by atoms with E-state index in [2.05, 4.69) is 10.2 Å². The van der Waals surface area contributed by atoms with Gasteiger partial charge >= 0.3 is 0 Å². The fourth-order valence-electron chi connectivity index (χ4n) is 3.38. The largest absolute Gasteiger partial charge is 0.316 e. The Morgan fingerprint density at radius 1 is 1.37 bits per heavy atom. The van der Waals surface area contributed by atoms with Crippen molar-refractivity contribution >= 4 is 12.4 Å². The van der Waals surface area contributed by atoms with Crippen molar-refractivity contribution in [3.63, 3.8) is 0 Å². The van der Waals surface area contributed by atoms with E-state index in [-0.39, 0.29) is 18.2 Å². The number of hydrogen-bond acceptors (Lipinski definition) is 2. The molecular formula is C15H22ClFN2. The molecule has 2 heterocycles. The Labute approximate surface area is 120 Å². The molecule has 0 aliphatic carbocycles. The quantitative estimate of drug-likeness (QED) is 0.898. The highest BCUT2D eigenvalue weighted by Crippen LogP contribution is 2.36. The predicted molar refractivity (Wildman–Crippen MR) is 78.2 cm³/mol. The van der Waals surface area contributed by atoms with Crippen LogP contribution in [0.15, 0.2) is 18.2 Å². The Kier molecular flexibility index (Phi) is 4.49. The van der Waals surface area contributed by atoms with Gasteiger partial charge in [0.1, 0.15) is 5.82 Å². The Morgan fingerprint density at radius 2 is 2.21 bits per heavy atom. The Bertz CT molecular complexity index is 444. The number of nitrogens with one attached hydrogen (secondary N) is 1. The summed E-state index contributed by atoms with van der Waals surface area (Å²) >= 11 is 0. The van der Waals surface area contributed by atoms with Crippen LogP contribution in [0.2, 0.25) is 0 Å². The van der Waals surface area contributed by atoms with Gasteiger partial charge in [0.15, 0.2) is 0 Å². The van der Waals surface area contributed by atoms with Gasteiger partial charge in [-0.05, 0) is 61.5 Å². The molecule has 0 bridgehead atoms. The summed E-state index contributed by atoms with van der Waals surface area (Å²) in [5, 5.41) is 3.48. The van der Waals surface area contributed by atoms with Crippen molar-refractivity contribution in [2.75, 3.05) is 26.2 Å². The molecule has 2 aliphatic heterocycles. The number of nitrogens with zero attached hydrogens (tertiary/aromatic N) is 1. The highest BCUT2D eigenvalue weighted by molar-refractivity contribution is 5.85. The van der Waals surface area contributed by atoms with Crippen LogP contribution in [0.5, 0.6) is 0 Å². The smallest absolute Gasteiger partial charge is 0.123 e. The lowest BCUT2D eigenvalue weighted by atomic mass is 9.86. The monoisotopic (exact) mass is 284 g/mol. The molecule has 3 rings (SSSR count).